The number of pyridine rings is 1. The van der Waals surface area contributed by atoms with Crippen molar-refractivity contribution in [3.63, 3.8) is 0 Å². The highest BCUT2D eigenvalue weighted by Gasteiger charge is 2.06. The van der Waals surface area contributed by atoms with E-state index in [1.807, 2.05) is 39.8 Å². The molecule has 88 valence electrons. The molecule has 0 unspecified atom stereocenters. The Morgan fingerprint density at radius 1 is 1.44 bits per heavy atom. The van der Waals surface area contributed by atoms with Gasteiger partial charge >= 0.3 is 0 Å². The highest BCUT2D eigenvalue weighted by atomic mass is 16.5. The Morgan fingerprint density at radius 3 is 2.69 bits per heavy atom. The minimum Gasteiger partial charge on any atom is -0.369 e. The molecule has 0 bridgehead atoms. The SMILES string of the molecule is Cc1ccc(NC(=O)COC(C)C)c(C)n1. The molecule has 0 aliphatic heterocycles. The first-order valence-corrected chi connectivity index (χ1v) is 5.34. The summed E-state index contributed by atoms with van der Waals surface area (Å²) in [5.74, 6) is -0.151. The number of carbonyl (C=O) groups excluding carboxylic acids is 1. The summed E-state index contributed by atoms with van der Waals surface area (Å²) < 4.78 is 5.21. The zero-order valence-electron chi connectivity index (χ0n) is 10.2. The predicted molar refractivity (Wildman–Crippen MR) is 63.4 cm³/mol. The summed E-state index contributed by atoms with van der Waals surface area (Å²) >= 11 is 0. The van der Waals surface area contributed by atoms with Crippen molar-refractivity contribution in [2.45, 2.75) is 33.8 Å². The molecule has 1 N–H and O–H groups in total. The van der Waals surface area contributed by atoms with Crippen molar-refractivity contribution >= 4 is 11.6 Å². The van der Waals surface area contributed by atoms with Crippen LogP contribution in [-0.4, -0.2) is 23.6 Å². The number of ether oxygens (including phenoxy) is 1. The number of rotatable bonds is 4. The number of aryl methyl sites for hydroxylation is 2. The van der Waals surface area contributed by atoms with Crippen LogP contribution in [0.2, 0.25) is 0 Å². The van der Waals surface area contributed by atoms with E-state index in [0.717, 1.165) is 17.1 Å². The molecule has 0 saturated heterocycles. The lowest BCUT2D eigenvalue weighted by molar-refractivity contribution is -0.121. The molecule has 1 heterocycles. The van der Waals surface area contributed by atoms with Gasteiger partial charge in [-0.15, -0.1) is 0 Å². The zero-order valence-corrected chi connectivity index (χ0v) is 10.2. The van der Waals surface area contributed by atoms with Gasteiger partial charge in [0.15, 0.2) is 0 Å². The van der Waals surface area contributed by atoms with Crippen molar-refractivity contribution in [2.24, 2.45) is 0 Å². The second-order valence-electron chi connectivity index (χ2n) is 3.99. The lowest BCUT2D eigenvalue weighted by Crippen LogP contribution is -2.21. The van der Waals surface area contributed by atoms with E-state index in [1.165, 1.54) is 0 Å². The molecule has 0 aromatic carbocycles. The number of aromatic nitrogens is 1. The summed E-state index contributed by atoms with van der Waals surface area (Å²) in [6.07, 6.45) is 0.0583. The first kappa shape index (κ1) is 12.6. The van der Waals surface area contributed by atoms with Gasteiger partial charge in [0.1, 0.15) is 6.61 Å². The lowest BCUT2D eigenvalue weighted by Gasteiger charge is -2.10. The smallest absolute Gasteiger partial charge is 0.250 e. The van der Waals surface area contributed by atoms with E-state index in [9.17, 15) is 4.79 Å². The third-order valence-corrected chi connectivity index (χ3v) is 2.05. The van der Waals surface area contributed by atoms with Crippen molar-refractivity contribution in [1.82, 2.24) is 4.98 Å². The molecule has 0 atom stereocenters. The average Bonchev–Trinajstić information content (AvgIpc) is 2.19. The number of nitrogens with zero attached hydrogens (tertiary/aromatic N) is 1. The van der Waals surface area contributed by atoms with Crippen LogP contribution in [0.1, 0.15) is 25.2 Å². The summed E-state index contributed by atoms with van der Waals surface area (Å²) in [6, 6.07) is 3.72. The van der Waals surface area contributed by atoms with Crippen molar-refractivity contribution in [3.05, 3.63) is 23.5 Å². The van der Waals surface area contributed by atoms with Crippen molar-refractivity contribution in [1.29, 1.82) is 0 Å². The van der Waals surface area contributed by atoms with Gasteiger partial charge in [0.2, 0.25) is 5.91 Å². The van der Waals surface area contributed by atoms with Crippen molar-refractivity contribution in [2.75, 3.05) is 11.9 Å². The Labute approximate surface area is 96.0 Å². The Hall–Kier alpha value is -1.42. The van der Waals surface area contributed by atoms with Crippen molar-refractivity contribution < 1.29 is 9.53 Å². The van der Waals surface area contributed by atoms with Crippen LogP contribution in [-0.2, 0) is 9.53 Å². The first-order chi connectivity index (χ1) is 7.49. The molecular formula is C12H18N2O2. The van der Waals surface area contributed by atoms with Crippen LogP contribution >= 0.6 is 0 Å². The second-order valence-corrected chi connectivity index (χ2v) is 3.99. The largest absolute Gasteiger partial charge is 0.369 e. The minimum atomic E-state index is -0.151. The van der Waals surface area contributed by atoms with E-state index in [-0.39, 0.29) is 18.6 Å². The van der Waals surface area contributed by atoms with E-state index < -0.39 is 0 Å². The number of hydrogen-bond acceptors (Lipinski definition) is 3. The molecule has 4 nitrogen and oxygen atoms in total. The number of hydrogen-bond donors (Lipinski definition) is 1. The summed E-state index contributed by atoms with van der Waals surface area (Å²) in [4.78, 5) is 15.8. The summed E-state index contributed by atoms with van der Waals surface area (Å²) in [5, 5.41) is 2.77. The molecule has 4 heteroatoms. The maximum atomic E-state index is 11.5. The van der Waals surface area contributed by atoms with Gasteiger partial charge < -0.3 is 10.1 Å². The van der Waals surface area contributed by atoms with Gasteiger partial charge in [0.05, 0.1) is 17.5 Å². The predicted octanol–water partition coefficient (Wildman–Crippen LogP) is 2.06. The third-order valence-electron chi connectivity index (χ3n) is 2.05. The molecule has 0 saturated carbocycles. The molecule has 16 heavy (non-hydrogen) atoms. The van der Waals surface area contributed by atoms with Crippen LogP contribution in [0, 0.1) is 13.8 Å². The molecule has 1 aromatic rings. The monoisotopic (exact) mass is 222 g/mol. The minimum absolute atomic E-state index is 0.0583. The Bertz CT molecular complexity index is 375. The van der Waals surface area contributed by atoms with Crippen LogP contribution < -0.4 is 5.32 Å². The molecule has 1 rings (SSSR count). The highest BCUT2D eigenvalue weighted by Crippen LogP contribution is 2.12. The van der Waals surface area contributed by atoms with Crippen LogP contribution in [0.5, 0.6) is 0 Å². The molecular weight excluding hydrogens is 204 g/mol. The number of carbonyl (C=O) groups is 1. The standard InChI is InChI=1S/C12H18N2O2/c1-8(2)16-7-12(15)14-11-6-5-9(3)13-10(11)4/h5-6,8H,7H2,1-4H3,(H,14,15). The third kappa shape index (κ3) is 3.98. The maximum absolute atomic E-state index is 11.5. The quantitative estimate of drug-likeness (QED) is 0.848. The molecule has 0 radical (unpaired) electrons. The van der Waals surface area contributed by atoms with E-state index in [2.05, 4.69) is 10.3 Å². The van der Waals surface area contributed by atoms with E-state index >= 15 is 0 Å². The van der Waals surface area contributed by atoms with Gasteiger partial charge in [-0.3, -0.25) is 9.78 Å². The summed E-state index contributed by atoms with van der Waals surface area (Å²) in [5.41, 5.74) is 2.50. The van der Waals surface area contributed by atoms with Crippen LogP contribution in [0.15, 0.2) is 12.1 Å². The summed E-state index contributed by atoms with van der Waals surface area (Å²) in [7, 11) is 0. The van der Waals surface area contributed by atoms with E-state index in [0.29, 0.717) is 0 Å². The van der Waals surface area contributed by atoms with Crippen LogP contribution in [0.25, 0.3) is 0 Å². The topological polar surface area (TPSA) is 51.2 Å². The summed E-state index contributed by atoms with van der Waals surface area (Å²) in [6.45, 7) is 7.65. The van der Waals surface area contributed by atoms with Crippen molar-refractivity contribution in [3.8, 4) is 0 Å². The molecule has 0 spiro atoms. The van der Waals surface area contributed by atoms with Gasteiger partial charge in [0.25, 0.3) is 0 Å². The first-order valence-electron chi connectivity index (χ1n) is 5.34. The lowest BCUT2D eigenvalue weighted by atomic mass is 10.3. The molecule has 0 fully saturated rings. The fraction of sp³-hybridized carbons (Fsp3) is 0.500. The Kier molecular flexibility index (Phi) is 4.43. The van der Waals surface area contributed by atoms with Crippen LogP contribution in [0.3, 0.4) is 0 Å². The molecule has 1 aromatic heterocycles. The molecule has 0 aliphatic rings. The molecule has 1 amide bonds. The Balaban J connectivity index is 2.56. The Morgan fingerprint density at radius 2 is 2.12 bits per heavy atom. The fourth-order valence-corrected chi connectivity index (χ4v) is 1.25. The maximum Gasteiger partial charge on any atom is 0.250 e. The fourth-order valence-electron chi connectivity index (χ4n) is 1.25. The number of anilines is 1. The van der Waals surface area contributed by atoms with Gasteiger partial charge in [-0.1, -0.05) is 0 Å². The highest BCUT2D eigenvalue weighted by molar-refractivity contribution is 5.92. The van der Waals surface area contributed by atoms with Gasteiger partial charge in [-0.25, -0.2) is 0 Å². The van der Waals surface area contributed by atoms with E-state index in [4.69, 9.17) is 4.74 Å². The average molecular weight is 222 g/mol. The van der Waals surface area contributed by atoms with E-state index in [1.54, 1.807) is 0 Å². The zero-order chi connectivity index (χ0) is 12.1. The second kappa shape index (κ2) is 5.61. The van der Waals surface area contributed by atoms with Gasteiger partial charge in [-0.2, -0.15) is 0 Å². The normalized spacial score (nSPS) is 10.6. The van der Waals surface area contributed by atoms with Gasteiger partial charge in [-0.05, 0) is 39.8 Å². The van der Waals surface area contributed by atoms with Gasteiger partial charge in [0, 0.05) is 5.69 Å². The number of amides is 1. The molecule has 0 aliphatic carbocycles. The van der Waals surface area contributed by atoms with Crippen LogP contribution in [0.4, 0.5) is 5.69 Å². The number of nitrogens with one attached hydrogen (secondary N) is 1.